The number of halogens is 3. The van der Waals surface area contributed by atoms with E-state index >= 15 is 0 Å². The quantitative estimate of drug-likeness (QED) is 0.773. The molecule has 10 heteroatoms. The number of alkyl halides is 3. The van der Waals surface area contributed by atoms with Crippen LogP contribution in [0.4, 0.5) is 19.0 Å². The molecule has 0 atom stereocenters. The van der Waals surface area contributed by atoms with Crippen LogP contribution in [0, 0.1) is 0 Å². The summed E-state index contributed by atoms with van der Waals surface area (Å²) < 4.78 is 31.7. The van der Waals surface area contributed by atoms with Crippen molar-refractivity contribution in [2.24, 2.45) is 0 Å². The van der Waals surface area contributed by atoms with Gasteiger partial charge < -0.3 is 15.5 Å². The normalized spacial score (nSPS) is 14.7. The number of hydrogen-bond acceptors (Lipinski definition) is 5. The second kappa shape index (κ2) is 8.30. The highest BCUT2D eigenvalue weighted by Crippen LogP contribution is 2.32. The number of nitrogens with one attached hydrogen (secondary N) is 1. The van der Waals surface area contributed by atoms with E-state index in [9.17, 15) is 18.0 Å². The lowest BCUT2D eigenvalue weighted by atomic mass is 10.1. The van der Waals surface area contributed by atoms with Gasteiger partial charge in [0, 0.05) is 12.1 Å². The van der Waals surface area contributed by atoms with Gasteiger partial charge in [0.25, 0.3) is 0 Å². The topological polar surface area (TPSA) is 112 Å². The van der Waals surface area contributed by atoms with Gasteiger partial charge in [-0.15, -0.1) is 0 Å². The van der Waals surface area contributed by atoms with E-state index in [1.54, 1.807) is 12.3 Å². The number of carboxylic acids is 2. The minimum atomic E-state index is -5.08. The number of hydrogen-bond donors (Lipinski definition) is 3. The largest absolute Gasteiger partial charge is 0.490 e. The monoisotopic (exact) mass is 335 g/mol. The summed E-state index contributed by atoms with van der Waals surface area (Å²) in [5.74, 6) is -1.76. The lowest BCUT2D eigenvalue weighted by Crippen LogP contribution is -2.21. The van der Waals surface area contributed by atoms with Crippen molar-refractivity contribution in [1.82, 2.24) is 9.97 Å². The predicted octanol–water partition coefficient (Wildman–Crippen LogP) is 2.26. The van der Waals surface area contributed by atoms with Gasteiger partial charge in [-0.3, -0.25) is 4.79 Å². The number of nitrogens with zero attached hydrogens (tertiary/aromatic N) is 2. The van der Waals surface area contributed by atoms with Gasteiger partial charge in [0.1, 0.15) is 18.2 Å². The molecule has 0 saturated heterocycles. The zero-order valence-corrected chi connectivity index (χ0v) is 12.0. The number of aromatic nitrogens is 2. The predicted molar refractivity (Wildman–Crippen MR) is 73.1 cm³/mol. The summed E-state index contributed by atoms with van der Waals surface area (Å²) in [6.45, 7) is -0.110. The first-order valence-corrected chi connectivity index (χ1v) is 6.79. The second-order valence-electron chi connectivity index (χ2n) is 4.83. The van der Waals surface area contributed by atoms with E-state index in [-0.39, 0.29) is 6.54 Å². The summed E-state index contributed by atoms with van der Waals surface area (Å²) in [7, 11) is 0. The molecule has 0 radical (unpaired) electrons. The summed E-state index contributed by atoms with van der Waals surface area (Å²) in [5, 5.41) is 18.4. The van der Waals surface area contributed by atoms with Gasteiger partial charge in [-0.2, -0.15) is 13.2 Å². The number of rotatable bonds is 4. The van der Waals surface area contributed by atoms with E-state index in [0.29, 0.717) is 11.7 Å². The van der Waals surface area contributed by atoms with Gasteiger partial charge in [-0.05, 0) is 18.9 Å². The van der Waals surface area contributed by atoms with Crippen LogP contribution in [0.25, 0.3) is 0 Å². The van der Waals surface area contributed by atoms with Crippen LogP contribution in [0.2, 0.25) is 0 Å². The van der Waals surface area contributed by atoms with E-state index < -0.39 is 18.1 Å². The maximum absolute atomic E-state index is 10.6. The smallest absolute Gasteiger partial charge is 0.480 e. The Labute approximate surface area is 129 Å². The van der Waals surface area contributed by atoms with Crippen molar-refractivity contribution < 1.29 is 33.0 Å². The fourth-order valence-corrected chi connectivity index (χ4v) is 2.02. The summed E-state index contributed by atoms with van der Waals surface area (Å²) >= 11 is 0. The minimum absolute atomic E-state index is 0.110. The van der Waals surface area contributed by atoms with Crippen LogP contribution in [-0.2, 0) is 9.59 Å². The number of anilines is 1. The van der Waals surface area contributed by atoms with Crippen molar-refractivity contribution in [3.63, 3.8) is 0 Å². The average molecular weight is 335 g/mol. The molecule has 1 saturated carbocycles. The van der Waals surface area contributed by atoms with Crippen molar-refractivity contribution in [3.05, 3.63) is 18.1 Å². The molecule has 1 aromatic heterocycles. The summed E-state index contributed by atoms with van der Waals surface area (Å²) in [6, 6.07) is 1.70. The first kappa shape index (κ1) is 18.7. The number of carboxylic acid groups (broad SMARTS) is 2. The Morgan fingerprint density at radius 2 is 1.83 bits per heavy atom. The van der Waals surface area contributed by atoms with Gasteiger partial charge in [-0.1, -0.05) is 12.8 Å². The zero-order chi connectivity index (χ0) is 17.5. The van der Waals surface area contributed by atoms with E-state index in [2.05, 4.69) is 15.3 Å². The Bertz CT molecular complexity index is 546. The highest BCUT2D eigenvalue weighted by Gasteiger charge is 2.38. The molecule has 7 nitrogen and oxygen atoms in total. The maximum atomic E-state index is 10.6. The molecule has 1 aliphatic carbocycles. The molecule has 0 aromatic carbocycles. The third kappa shape index (κ3) is 6.94. The first-order chi connectivity index (χ1) is 10.7. The van der Waals surface area contributed by atoms with Crippen molar-refractivity contribution in [2.45, 2.75) is 37.8 Å². The molecule has 1 aliphatic rings. The SMILES string of the molecule is O=C(O)C(F)(F)F.O=C(O)CNc1ccnc(C2CCCC2)n1. The molecular weight excluding hydrogens is 319 g/mol. The molecule has 0 aliphatic heterocycles. The van der Waals surface area contributed by atoms with Crippen LogP contribution in [0.3, 0.4) is 0 Å². The maximum Gasteiger partial charge on any atom is 0.490 e. The standard InChI is InChI=1S/C11H15N3O2.C2HF3O2/c15-10(16)7-13-9-5-6-12-11(14-9)8-3-1-2-4-8;3-2(4,5)1(6)7/h5-6,8H,1-4,7H2,(H,15,16)(H,12,13,14);(H,6,7). The molecule has 2 rings (SSSR count). The third-order valence-corrected chi connectivity index (χ3v) is 3.06. The Morgan fingerprint density at radius 1 is 1.26 bits per heavy atom. The lowest BCUT2D eigenvalue weighted by Gasteiger charge is -2.09. The van der Waals surface area contributed by atoms with Gasteiger partial charge in [0.2, 0.25) is 0 Å². The molecule has 3 N–H and O–H groups in total. The zero-order valence-electron chi connectivity index (χ0n) is 12.0. The molecule has 1 fully saturated rings. The molecule has 128 valence electrons. The van der Waals surface area contributed by atoms with Gasteiger partial charge in [0.05, 0.1) is 0 Å². The summed E-state index contributed by atoms with van der Waals surface area (Å²) in [6.07, 6.45) is 1.36. The van der Waals surface area contributed by atoms with E-state index in [4.69, 9.17) is 15.0 Å². The van der Waals surface area contributed by atoms with Crippen molar-refractivity contribution in [1.29, 1.82) is 0 Å². The Balaban J connectivity index is 0.000000322. The Hall–Kier alpha value is -2.39. The molecule has 0 spiro atoms. The van der Waals surface area contributed by atoms with Gasteiger partial charge in [-0.25, -0.2) is 14.8 Å². The average Bonchev–Trinajstić information content (AvgIpc) is 2.99. The van der Waals surface area contributed by atoms with Crippen LogP contribution >= 0.6 is 0 Å². The number of aliphatic carboxylic acids is 2. The fraction of sp³-hybridized carbons (Fsp3) is 0.538. The van der Waals surface area contributed by atoms with Crippen LogP contribution in [-0.4, -0.2) is 44.8 Å². The molecular formula is C13H16F3N3O4. The molecule has 0 bridgehead atoms. The third-order valence-electron chi connectivity index (χ3n) is 3.06. The van der Waals surface area contributed by atoms with E-state index in [1.165, 1.54) is 12.8 Å². The Morgan fingerprint density at radius 3 is 2.30 bits per heavy atom. The summed E-state index contributed by atoms with van der Waals surface area (Å²) in [4.78, 5) is 27.9. The summed E-state index contributed by atoms with van der Waals surface area (Å²) in [5.41, 5.74) is 0. The first-order valence-electron chi connectivity index (χ1n) is 6.79. The highest BCUT2D eigenvalue weighted by molar-refractivity contribution is 5.73. The highest BCUT2D eigenvalue weighted by atomic mass is 19.4. The fourth-order valence-electron chi connectivity index (χ4n) is 2.02. The van der Waals surface area contributed by atoms with E-state index in [0.717, 1.165) is 18.7 Å². The van der Waals surface area contributed by atoms with Crippen LogP contribution in [0.5, 0.6) is 0 Å². The minimum Gasteiger partial charge on any atom is -0.480 e. The molecule has 0 amide bonds. The van der Waals surface area contributed by atoms with Crippen LogP contribution < -0.4 is 5.32 Å². The van der Waals surface area contributed by atoms with Gasteiger partial charge in [0.15, 0.2) is 0 Å². The van der Waals surface area contributed by atoms with Gasteiger partial charge >= 0.3 is 18.1 Å². The molecule has 23 heavy (non-hydrogen) atoms. The molecule has 1 aromatic rings. The number of carbonyl (C=O) groups is 2. The Kier molecular flexibility index (Phi) is 6.73. The van der Waals surface area contributed by atoms with Crippen LogP contribution in [0.15, 0.2) is 12.3 Å². The van der Waals surface area contributed by atoms with Crippen molar-refractivity contribution in [3.8, 4) is 0 Å². The molecule has 1 heterocycles. The molecule has 0 unspecified atom stereocenters. The van der Waals surface area contributed by atoms with Crippen molar-refractivity contribution >= 4 is 17.8 Å². The van der Waals surface area contributed by atoms with Crippen molar-refractivity contribution in [2.75, 3.05) is 11.9 Å². The second-order valence-corrected chi connectivity index (χ2v) is 4.83. The van der Waals surface area contributed by atoms with Crippen LogP contribution in [0.1, 0.15) is 37.4 Å². The lowest BCUT2D eigenvalue weighted by molar-refractivity contribution is -0.192. The van der Waals surface area contributed by atoms with E-state index in [1.807, 2.05) is 0 Å².